The van der Waals surface area contributed by atoms with Gasteiger partial charge >= 0.3 is 0 Å². The first-order valence-corrected chi connectivity index (χ1v) is 10.1. The third-order valence-corrected chi connectivity index (χ3v) is 6.29. The summed E-state index contributed by atoms with van der Waals surface area (Å²) in [6.45, 7) is 3.49. The number of carbonyl (C=O) groups excluding carboxylic acids is 1. The number of primary amides is 1. The van der Waals surface area contributed by atoms with Crippen LogP contribution in [0, 0.1) is 5.92 Å². The highest BCUT2D eigenvalue weighted by atomic mass is 32.1. The summed E-state index contributed by atoms with van der Waals surface area (Å²) in [5.41, 5.74) is 6.59. The molecular weight excluding hydrogens is 362 g/mol. The number of fused-ring (bicyclic) bond motifs is 1. The van der Waals surface area contributed by atoms with E-state index in [4.69, 9.17) is 5.73 Å². The van der Waals surface area contributed by atoms with E-state index in [1.807, 2.05) is 25.1 Å². The summed E-state index contributed by atoms with van der Waals surface area (Å²) in [5, 5.41) is 15.3. The summed E-state index contributed by atoms with van der Waals surface area (Å²) in [4.78, 5) is 19.9. The molecular formula is C19H23N5O2S. The molecule has 1 aliphatic rings. The predicted molar refractivity (Wildman–Crippen MR) is 104 cm³/mol. The number of benzene rings is 1. The van der Waals surface area contributed by atoms with Gasteiger partial charge in [-0.15, -0.1) is 5.10 Å². The van der Waals surface area contributed by atoms with Crippen molar-refractivity contribution in [1.29, 1.82) is 0 Å². The highest BCUT2D eigenvalue weighted by Gasteiger charge is 2.33. The molecule has 1 aliphatic heterocycles. The van der Waals surface area contributed by atoms with Crippen molar-refractivity contribution in [2.24, 2.45) is 11.7 Å². The maximum Gasteiger partial charge on any atom is 0.230 e. The first-order valence-electron chi connectivity index (χ1n) is 9.24. The van der Waals surface area contributed by atoms with Gasteiger partial charge in [-0.1, -0.05) is 48.6 Å². The Labute approximate surface area is 161 Å². The van der Waals surface area contributed by atoms with E-state index in [0.717, 1.165) is 48.6 Å². The molecule has 27 heavy (non-hydrogen) atoms. The molecule has 1 aromatic carbocycles. The Morgan fingerprint density at radius 2 is 2.04 bits per heavy atom. The van der Waals surface area contributed by atoms with Gasteiger partial charge in [0.25, 0.3) is 0 Å². The maximum atomic E-state index is 11.5. The van der Waals surface area contributed by atoms with Crippen LogP contribution < -0.4 is 5.73 Å². The van der Waals surface area contributed by atoms with Gasteiger partial charge in [0.1, 0.15) is 0 Å². The molecule has 1 atom stereocenters. The summed E-state index contributed by atoms with van der Waals surface area (Å²) in [6, 6.07) is 10.0. The SMILES string of the molecule is CCc1nc2sc([C@@H](c3ccccc3)N3CCC(C(N)=O)CC3)c(O)n2n1. The van der Waals surface area contributed by atoms with E-state index in [1.165, 1.54) is 15.9 Å². The molecule has 8 heteroatoms. The van der Waals surface area contributed by atoms with Crippen LogP contribution in [0.4, 0.5) is 0 Å². The zero-order valence-electron chi connectivity index (χ0n) is 15.2. The molecule has 3 N–H and O–H groups in total. The number of aromatic nitrogens is 3. The molecule has 1 fully saturated rings. The van der Waals surface area contributed by atoms with Crippen LogP contribution in [-0.2, 0) is 11.2 Å². The Morgan fingerprint density at radius 1 is 1.33 bits per heavy atom. The number of nitrogens with zero attached hydrogens (tertiary/aromatic N) is 4. The van der Waals surface area contributed by atoms with Crippen LogP contribution in [0.2, 0.25) is 0 Å². The number of piperidine rings is 1. The predicted octanol–water partition coefficient (Wildman–Crippen LogP) is 2.35. The molecule has 1 amide bonds. The molecule has 0 radical (unpaired) electrons. The fraction of sp³-hybridized carbons (Fsp3) is 0.421. The quantitative estimate of drug-likeness (QED) is 0.703. The molecule has 3 heterocycles. The van der Waals surface area contributed by atoms with E-state index in [-0.39, 0.29) is 23.7 Å². The Morgan fingerprint density at radius 3 is 2.63 bits per heavy atom. The van der Waals surface area contributed by atoms with E-state index in [2.05, 4.69) is 27.1 Å². The van der Waals surface area contributed by atoms with Gasteiger partial charge in [-0.3, -0.25) is 9.69 Å². The largest absolute Gasteiger partial charge is 0.492 e. The molecule has 0 spiro atoms. The van der Waals surface area contributed by atoms with Crippen molar-refractivity contribution in [2.45, 2.75) is 32.2 Å². The van der Waals surface area contributed by atoms with E-state index in [0.29, 0.717) is 4.96 Å². The minimum atomic E-state index is -0.223. The van der Waals surface area contributed by atoms with Crippen molar-refractivity contribution in [2.75, 3.05) is 13.1 Å². The number of carbonyl (C=O) groups is 1. The summed E-state index contributed by atoms with van der Waals surface area (Å²) < 4.78 is 1.53. The summed E-state index contributed by atoms with van der Waals surface area (Å²) in [5.74, 6) is 0.579. The number of hydrogen-bond acceptors (Lipinski definition) is 6. The monoisotopic (exact) mass is 385 g/mol. The van der Waals surface area contributed by atoms with E-state index >= 15 is 0 Å². The van der Waals surface area contributed by atoms with Crippen molar-refractivity contribution in [3.8, 4) is 5.88 Å². The molecule has 3 aromatic rings. The van der Waals surface area contributed by atoms with Crippen LogP contribution in [-0.4, -0.2) is 43.6 Å². The second-order valence-corrected chi connectivity index (χ2v) is 7.90. The Hall–Kier alpha value is -2.45. The van der Waals surface area contributed by atoms with Gasteiger partial charge in [-0.05, 0) is 31.5 Å². The molecule has 4 rings (SSSR count). The minimum Gasteiger partial charge on any atom is -0.492 e. The lowest BCUT2D eigenvalue weighted by molar-refractivity contribution is -0.123. The molecule has 0 unspecified atom stereocenters. The fourth-order valence-corrected chi connectivity index (χ4v) is 4.86. The van der Waals surface area contributed by atoms with Crippen molar-refractivity contribution in [3.63, 3.8) is 0 Å². The summed E-state index contributed by atoms with van der Waals surface area (Å²) >= 11 is 1.47. The van der Waals surface area contributed by atoms with Crippen LogP contribution in [0.25, 0.3) is 4.96 Å². The van der Waals surface area contributed by atoms with Crippen LogP contribution in [0.5, 0.6) is 5.88 Å². The van der Waals surface area contributed by atoms with Gasteiger partial charge in [-0.2, -0.15) is 4.52 Å². The fourth-order valence-electron chi connectivity index (χ4n) is 3.72. The Kier molecular flexibility index (Phi) is 4.84. The zero-order chi connectivity index (χ0) is 19.0. The highest BCUT2D eigenvalue weighted by molar-refractivity contribution is 7.17. The average Bonchev–Trinajstić information content (AvgIpc) is 3.23. The lowest BCUT2D eigenvalue weighted by Crippen LogP contribution is -2.40. The Balaban J connectivity index is 1.72. The minimum absolute atomic E-state index is 0.0688. The number of nitrogens with two attached hydrogens (primary N) is 1. The molecule has 0 saturated carbocycles. The van der Waals surface area contributed by atoms with Gasteiger partial charge in [0.05, 0.1) is 10.9 Å². The van der Waals surface area contributed by atoms with Gasteiger partial charge in [0, 0.05) is 12.3 Å². The number of thiazole rings is 1. The number of aryl methyl sites for hydroxylation is 1. The lowest BCUT2D eigenvalue weighted by Gasteiger charge is -2.36. The topological polar surface area (TPSA) is 96.8 Å². The number of hydrogen-bond donors (Lipinski definition) is 2. The second-order valence-electron chi connectivity index (χ2n) is 6.89. The van der Waals surface area contributed by atoms with Crippen LogP contribution >= 0.6 is 11.3 Å². The van der Waals surface area contributed by atoms with Gasteiger partial charge in [-0.25, -0.2) is 4.98 Å². The first-order chi connectivity index (χ1) is 13.1. The number of amides is 1. The average molecular weight is 385 g/mol. The molecule has 7 nitrogen and oxygen atoms in total. The standard InChI is InChI=1S/C19H23N5O2S/c1-2-14-21-19-24(22-14)18(26)16(27-19)15(12-6-4-3-5-7-12)23-10-8-13(9-11-23)17(20)25/h3-7,13,15,26H,2,8-11H2,1H3,(H2,20,25)/t15-/m1/s1. The number of rotatable bonds is 5. The number of likely N-dealkylation sites (tertiary alicyclic amines) is 1. The van der Waals surface area contributed by atoms with Crippen LogP contribution in [0.1, 0.15) is 42.1 Å². The normalized spacial score (nSPS) is 17.4. The van der Waals surface area contributed by atoms with Crippen molar-refractivity contribution < 1.29 is 9.90 Å². The van der Waals surface area contributed by atoms with Crippen LogP contribution in [0.15, 0.2) is 30.3 Å². The molecule has 142 valence electrons. The van der Waals surface area contributed by atoms with Crippen molar-refractivity contribution >= 4 is 22.2 Å². The van der Waals surface area contributed by atoms with E-state index in [1.54, 1.807) is 0 Å². The van der Waals surface area contributed by atoms with Crippen LogP contribution in [0.3, 0.4) is 0 Å². The Bertz CT molecular complexity index is 944. The molecule has 0 bridgehead atoms. The number of aromatic hydroxyl groups is 1. The van der Waals surface area contributed by atoms with E-state index in [9.17, 15) is 9.90 Å². The lowest BCUT2D eigenvalue weighted by atomic mass is 9.93. The van der Waals surface area contributed by atoms with Gasteiger partial charge in [0.2, 0.25) is 16.7 Å². The first kappa shape index (κ1) is 17.9. The van der Waals surface area contributed by atoms with Crippen molar-refractivity contribution in [3.05, 3.63) is 46.6 Å². The van der Waals surface area contributed by atoms with Gasteiger partial charge in [0.15, 0.2) is 5.82 Å². The van der Waals surface area contributed by atoms with Gasteiger partial charge < -0.3 is 10.8 Å². The smallest absolute Gasteiger partial charge is 0.230 e. The highest BCUT2D eigenvalue weighted by Crippen LogP contribution is 2.41. The molecule has 2 aromatic heterocycles. The maximum absolute atomic E-state index is 11.5. The molecule has 0 aliphatic carbocycles. The van der Waals surface area contributed by atoms with E-state index < -0.39 is 0 Å². The zero-order valence-corrected chi connectivity index (χ0v) is 16.0. The second kappa shape index (κ2) is 7.28. The third-order valence-electron chi connectivity index (χ3n) is 5.22. The third kappa shape index (κ3) is 3.30. The summed E-state index contributed by atoms with van der Waals surface area (Å²) in [6.07, 6.45) is 2.20. The van der Waals surface area contributed by atoms with Crippen molar-refractivity contribution in [1.82, 2.24) is 19.5 Å². The molecule has 1 saturated heterocycles. The summed E-state index contributed by atoms with van der Waals surface area (Å²) in [7, 11) is 0.